The molecule has 0 unspecified atom stereocenters. The first-order valence-corrected chi connectivity index (χ1v) is 10.3. The van der Waals surface area contributed by atoms with Crippen LogP contribution in [-0.4, -0.2) is 30.6 Å². The number of hydrogen-bond acceptors (Lipinski definition) is 5. The molecule has 0 atom stereocenters. The molecule has 0 aliphatic carbocycles. The van der Waals surface area contributed by atoms with Crippen LogP contribution in [-0.2, 0) is 17.8 Å². The lowest BCUT2D eigenvalue weighted by Crippen LogP contribution is -2.26. The molecular weight excluding hydrogens is 388 g/mol. The van der Waals surface area contributed by atoms with E-state index in [0.29, 0.717) is 30.5 Å². The number of amides is 1. The highest BCUT2D eigenvalue weighted by atomic mass is 16.2. The molecule has 7 heteroatoms. The monoisotopic (exact) mass is 410 g/mol. The van der Waals surface area contributed by atoms with Crippen LogP contribution in [0.15, 0.2) is 67.4 Å². The average molecular weight is 410 g/mol. The lowest BCUT2D eigenvalue weighted by Gasteiger charge is -2.18. The maximum absolute atomic E-state index is 12.7. The summed E-state index contributed by atoms with van der Waals surface area (Å²) >= 11 is 0. The van der Waals surface area contributed by atoms with Gasteiger partial charge in [-0.1, -0.05) is 50.2 Å². The fourth-order valence-electron chi connectivity index (χ4n) is 3.91. The maximum atomic E-state index is 12.7. The molecule has 4 aromatic rings. The molecule has 0 fully saturated rings. The van der Waals surface area contributed by atoms with Gasteiger partial charge in [-0.25, -0.2) is 19.6 Å². The molecule has 0 spiro atoms. The van der Waals surface area contributed by atoms with Crippen LogP contribution in [0, 0.1) is 0 Å². The van der Waals surface area contributed by atoms with Crippen LogP contribution in [0.4, 0.5) is 5.82 Å². The van der Waals surface area contributed by atoms with Crippen LogP contribution in [0.1, 0.15) is 36.5 Å². The number of rotatable bonds is 5. The summed E-state index contributed by atoms with van der Waals surface area (Å²) in [5.74, 6) is 1.76. The van der Waals surface area contributed by atoms with Gasteiger partial charge < -0.3 is 0 Å². The molecular formula is C24H22N6O. The fourth-order valence-corrected chi connectivity index (χ4v) is 3.91. The second-order valence-corrected chi connectivity index (χ2v) is 7.95. The van der Waals surface area contributed by atoms with Crippen molar-refractivity contribution in [3.05, 3.63) is 84.1 Å². The minimum Gasteiger partial charge on any atom is -0.292 e. The van der Waals surface area contributed by atoms with Crippen molar-refractivity contribution in [3.63, 3.8) is 0 Å². The Kier molecular flexibility index (Phi) is 4.78. The van der Waals surface area contributed by atoms with Crippen molar-refractivity contribution < 1.29 is 4.79 Å². The van der Waals surface area contributed by atoms with E-state index in [1.165, 1.54) is 11.9 Å². The van der Waals surface area contributed by atoms with E-state index in [1.54, 1.807) is 22.1 Å². The molecule has 2 aromatic carbocycles. The molecule has 0 radical (unpaired) electrons. The van der Waals surface area contributed by atoms with Gasteiger partial charge in [-0.3, -0.25) is 9.69 Å². The third-order valence-corrected chi connectivity index (χ3v) is 5.52. The van der Waals surface area contributed by atoms with E-state index in [0.717, 1.165) is 22.4 Å². The number of nitrogens with zero attached hydrogens (tertiary/aromatic N) is 6. The topological polar surface area (TPSA) is 76.8 Å². The average Bonchev–Trinajstić information content (AvgIpc) is 3.43. The van der Waals surface area contributed by atoms with Gasteiger partial charge in [0.05, 0.1) is 18.7 Å². The molecule has 0 bridgehead atoms. The minimum absolute atomic E-state index is 0.0407. The molecule has 1 aliphatic heterocycles. The van der Waals surface area contributed by atoms with Crippen molar-refractivity contribution in [2.45, 2.75) is 32.7 Å². The molecule has 1 aliphatic rings. The summed E-state index contributed by atoms with van der Waals surface area (Å²) < 4.78 is 1.70. The molecule has 0 saturated carbocycles. The zero-order valence-electron chi connectivity index (χ0n) is 17.4. The second kappa shape index (κ2) is 7.75. The Hall–Kier alpha value is -3.87. The van der Waals surface area contributed by atoms with Crippen LogP contribution in [0.3, 0.4) is 0 Å². The largest absolute Gasteiger partial charge is 0.292 e. The third kappa shape index (κ3) is 3.59. The van der Waals surface area contributed by atoms with Gasteiger partial charge in [0.25, 0.3) is 0 Å². The van der Waals surface area contributed by atoms with E-state index < -0.39 is 0 Å². The van der Waals surface area contributed by atoms with Crippen LogP contribution in [0.5, 0.6) is 0 Å². The van der Waals surface area contributed by atoms with Crippen molar-refractivity contribution in [1.29, 1.82) is 0 Å². The van der Waals surface area contributed by atoms with Crippen LogP contribution in [0.25, 0.3) is 17.1 Å². The Morgan fingerprint density at radius 3 is 2.61 bits per heavy atom. The summed E-state index contributed by atoms with van der Waals surface area (Å²) in [6.45, 7) is 4.78. The highest BCUT2D eigenvalue weighted by Crippen LogP contribution is 2.32. The molecule has 3 heterocycles. The van der Waals surface area contributed by atoms with Gasteiger partial charge in [0.1, 0.15) is 18.5 Å². The number of aromatic nitrogens is 5. The number of carbonyl (C=O) groups excluding carboxylic acids is 1. The van der Waals surface area contributed by atoms with Gasteiger partial charge in [0.2, 0.25) is 5.91 Å². The Bertz CT molecular complexity index is 1230. The highest BCUT2D eigenvalue weighted by Gasteiger charge is 2.30. The predicted molar refractivity (Wildman–Crippen MR) is 118 cm³/mol. The van der Waals surface area contributed by atoms with Gasteiger partial charge in [-0.15, -0.1) is 0 Å². The Morgan fingerprint density at radius 1 is 1.06 bits per heavy atom. The first-order valence-electron chi connectivity index (χ1n) is 10.3. The molecule has 5 rings (SSSR count). The number of carbonyl (C=O) groups is 1. The van der Waals surface area contributed by atoms with Crippen molar-refractivity contribution >= 4 is 11.7 Å². The number of hydrogen-bond donors (Lipinski definition) is 0. The Morgan fingerprint density at radius 2 is 1.87 bits per heavy atom. The normalized spacial score (nSPS) is 13.1. The molecule has 0 N–H and O–H groups in total. The zero-order valence-corrected chi connectivity index (χ0v) is 17.4. The van der Waals surface area contributed by atoms with E-state index in [-0.39, 0.29) is 5.91 Å². The lowest BCUT2D eigenvalue weighted by molar-refractivity contribution is -0.117. The summed E-state index contributed by atoms with van der Waals surface area (Å²) in [7, 11) is 0. The van der Waals surface area contributed by atoms with E-state index in [2.05, 4.69) is 35.0 Å². The molecule has 7 nitrogen and oxygen atoms in total. The van der Waals surface area contributed by atoms with E-state index in [1.807, 2.05) is 42.5 Å². The standard InChI is InChI=1S/C24H22N6O/c1-16(2)20-5-3-4-6-21(20)23-26-12-18-11-22(31)29(24(18)28-23)13-17-7-9-19(10-8-17)30-15-25-14-27-30/h3-10,12,14-16H,11,13H2,1-2H3. The highest BCUT2D eigenvalue weighted by molar-refractivity contribution is 6.00. The summed E-state index contributed by atoms with van der Waals surface area (Å²) in [5, 5.41) is 4.14. The zero-order chi connectivity index (χ0) is 21.4. The third-order valence-electron chi connectivity index (χ3n) is 5.52. The van der Waals surface area contributed by atoms with Crippen LogP contribution < -0.4 is 4.90 Å². The van der Waals surface area contributed by atoms with Crippen LogP contribution >= 0.6 is 0 Å². The van der Waals surface area contributed by atoms with Crippen molar-refractivity contribution in [3.8, 4) is 17.1 Å². The van der Waals surface area contributed by atoms with E-state index in [9.17, 15) is 4.79 Å². The van der Waals surface area contributed by atoms with Crippen LogP contribution in [0.2, 0.25) is 0 Å². The summed E-state index contributed by atoms with van der Waals surface area (Å²) in [5.41, 5.74) is 5.02. The van der Waals surface area contributed by atoms with Crippen molar-refractivity contribution in [1.82, 2.24) is 24.7 Å². The first-order chi connectivity index (χ1) is 15.1. The molecule has 0 saturated heterocycles. The number of anilines is 1. The molecule has 31 heavy (non-hydrogen) atoms. The Balaban J connectivity index is 1.45. The van der Waals surface area contributed by atoms with Gasteiger partial charge in [-0.05, 0) is 29.2 Å². The minimum atomic E-state index is 0.0407. The lowest BCUT2D eigenvalue weighted by atomic mass is 9.97. The van der Waals surface area contributed by atoms with Crippen molar-refractivity contribution in [2.24, 2.45) is 0 Å². The first kappa shape index (κ1) is 19.1. The van der Waals surface area contributed by atoms with E-state index >= 15 is 0 Å². The van der Waals surface area contributed by atoms with Gasteiger partial charge in [0.15, 0.2) is 5.82 Å². The van der Waals surface area contributed by atoms with Gasteiger partial charge >= 0.3 is 0 Å². The summed E-state index contributed by atoms with van der Waals surface area (Å²) in [6.07, 6.45) is 5.28. The molecule has 2 aromatic heterocycles. The number of benzene rings is 2. The fraction of sp³-hybridized carbons (Fsp3) is 0.208. The maximum Gasteiger partial charge on any atom is 0.233 e. The summed E-state index contributed by atoms with van der Waals surface area (Å²) in [6, 6.07) is 16.1. The van der Waals surface area contributed by atoms with Gasteiger partial charge in [0, 0.05) is 17.3 Å². The Labute approximate surface area is 180 Å². The van der Waals surface area contributed by atoms with E-state index in [4.69, 9.17) is 4.98 Å². The molecule has 154 valence electrons. The smallest absolute Gasteiger partial charge is 0.233 e. The van der Waals surface area contributed by atoms with Gasteiger partial charge in [-0.2, -0.15) is 5.10 Å². The second-order valence-electron chi connectivity index (χ2n) is 7.95. The SMILES string of the molecule is CC(C)c1ccccc1-c1ncc2c(n1)N(Cc1ccc(-n3cncn3)cc1)C(=O)C2. The predicted octanol–water partition coefficient (Wildman–Crippen LogP) is 3.94. The summed E-state index contributed by atoms with van der Waals surface area (Å²) in [4.78, 5) is 27.9. The molecule has 1 amide bonds. The number of fused-ring (bicyclic) bond motifs is 1. The van der Waals surface area contributed by atoms with Crippen molar-refractivity contribution in [2.75, 3.05) is 4.90 Å². The quantitative estimate of drug-likeness (QED) is 0.498.